The van der Waals surface area contributed by atoms with Crippen molar-refractivity contribution in [3.05, 3.63) is 178 Å². The van der Waals surface area contributed by atoms with Crippen LogP contribution in [0.15, 0.2) is 155 Å². The number of anilines is 2. The molecular weight excluding hydrogens is 1140 g/mol. The summed E-state index contributed by atoms with van der Waals surface area (Å²) in [6.07, 6.45) is 3.78. The zero-order valence-corrected chi connectivity index (χ0v) is 42.8. The number of ether oxygens (including phenoxy) is 2. The summed E-state index contributed by atoms with van der Waals surface area (Å²) in [6, 6.07) is 40.4. The van der Waals surface area contributed by atoms with Crippen molar-refractivity contribution in [2.45, 2.75) is 35.5 Å². The summed E-state index contributed by atoms with van der Waals surface area (Å²) in [5, 5.41) is 12.5. The molecule has 0 fully saturated rings. The van der Waals surface area contributed by atoms with Crippen LogP contribution in [-0.2, 0) is 32.9 Å². The number of hydrogen-bond donors (Lipinski definition) is 5. The molecule has 341 valence electrons. The van der Waals surface area contributed by atoms with Gasteiger partial charge in [-0.15, -0.1) is 0 Å². The molecule has 0 saturated carbocycles. The molecule has 13 nitrogen and oxygen atoms in total. The Hall–Kier alpha value is -4.98. The molecule has 6 aromatic carbocycles. The Labute approximate surface area is 419 Å². The van der Waals surface area contributed by atoms with Gasteiger partial charge in [0.05, 0.1) is 54.9 Å². The molecule has 0 spiro atoms. The quantitative estimate of drug-likeness (QED) is 0.0440. The van der Waals surface area contributed by atoms with Crippen molar-refractivity contribution in [3.8, 4) is 11.5 Å². The van der Waals surface area contributed by atoms with Crippen LogP contribution >= 0.6 is 23.2 Å². The number of amides is 1. The maximum absolute atomic E-state index is 12.8. The molecule has 19 heteroatoms. The number of carbonyl (C=O) groups is 2. The summed E-state index contributed by atoms with van der Waals surface area (Å²) in [5.41, 5.74) is 7.96. The van der Waals surface area contributed by atoms with Crippen molar-refractivity contribution in [2.75, 3.05) is 36.8 Å². The summed E-state index contributed by atoms with van der Waals surface area (Å²) in [7, 11) is -4.35. The number of aromatic carboxylic acids is 1. The third-order valence-corrected chi connectivity index (χ3v) is 12.2. The Morgan fingerprint density at radius 1 is 0.646 bits per heavy atom. The molecule has 0 aromatic heterocycles. The van der Waals surface area contributed by atoms with Crippen molar-refractivity contribution in [2.24, 2.45) is 5.73 Å². The van der Waals surface area contributed by atoms with Gasteiger partial charge in [-0.05, 0) is 131 Å². The third-order valence-electron chi connectivity index (χ3n) is 8.95. The van der Waals surface area contributed by atoms with Crippen LogP contribution < -0.4 is 30.0 Å². The molecule has 6 N–H and O–H groups in total. The van der Waals surface area contributed by atoms with E-state index in [9.17, 15) is 26.4 Å². The molecule has 65 heavy (non-hydrogen) atoms. The Kier molecular flexibility index (Phi) is 22.8. The van der Waals surface area contributed by atoms with E-state index in [1.807, 2.05) is 36.4 Å². The van der Waals surface area contributed by atoms with Crippen LogP contribution in [0.2, 0.25) is 10.0 Å². The van der Waals surface area contributed by atoms with E-state index in [1.165, 1.54) is 98.1 Å². The first kappa shape index (κ1) is 52.6. The first-order chi connectivity index (χ1) is 31.6. The Bertz CT molecular complexity index is 2670. The summed E-state index contributed by atoms with van der Waals surface area (Å²) >= 11 is 11.8. The van der Waals surface area contributed by atoms with Crippen LogP contribution in [0.4, 0.5) is 11.4 Å². The topological polar surface area (TPSA) is 203 Å². The molecule has 0 atom stereocenters. The van der Waals surface area contributed by atoms with E-state index in [4.69, 9.17) is 46.2 Å². The maximum atomic E-state index is 12.8. The van der Waals surface area contributed by atoms with Crippen molar-refractivity contribution >= 4 is 74.8 Å². The van der Waals surface area contributed by atoms with Gasteiger partial charge in [0.15, 0.2) is 0 Å². The molecule has 0 aliphatic rings. The molecule has 1 radical (unpaired) electrons. The van der Waals surface area contributed by atoms with E-state index >= 15 is 0 Å². The molecule has 0 aliphatic heterocycles. The van der Waals surface area contributed by atoms with Crippen LogP contribution in [-0.4, -0.2) is 72.1 Å². The Morgan fingerprint density at radius 3 is 1.45 bits per heavy atom. The van der Waals surface area contributed by atoms with Crippen molar-refractivity contribution < 1.29 is 72.1 Å². The second-order valence-electron chi connectivity index (χ2n) is 13.5. The molecule has 0 aliphatic carbocycles. The average Bonchev–Trinajstić information content (AvgIpc) is 3.32. The number of hydrogen-bond acceptors (Lipinski definition) is 9. The van der Waals surface area contributed by atoms with Crippen LogP contribution in [0.25, 0.3) is 0 Å². The fraction of sp³-hybridized carbons (Fsp3) is 0.174. The molecule has 0 bridgehead atoms. The predicted octanol–water partition coefficient (Wildman–Crippen LogP) is 8.02. The van der Waals surface area contributed by atoms with Gasteiger partial charge in [-0.1, -0.05) is 83.9 Å². The predicted molar refractivity (Wildman–Crippen MR) is 257 cm³/mol. The first-order valence-electron chi connectivity index (χ1n) is 20.5. The summed E-state index contributed by atoms with van der Waals surface area (Å²) in [4.78, 5) is 23.9. The van der Waals surface area contributed by atoms with E-state index < -0.39 is 31.9 Å². The summed E-state index contributed by atoms with van der Waals surface area (Å²) in [5.74, 6) is -0.629. The molecule has 6 rings (SSSR count). The van der Waals surface area contributed by atoms with Crippen LogP contribution in [0.1, 0.15) is 44.7 Å². The largest absolute Gasteiger partial charge is 0.497 e. The summed E-state index contributed by atoms with van der Waals surface area (Å²) < 4.78 is 76.3. The van der Waals surface area contributed by atoms with E-state index in [0.29, 0.717) is 31.4 Å². The minimum Gasteiger partial charge on any atom is -0.497 e. The van der Waals surface area contributed by atoms with Crippen LogP contribution in [0, 0.1) is 31.1 Å². The number of carboxylic acid groups (broad SMARTS) is 1. The van der Waals surface area contributed by atoms with Crippen molar-refractivity contribution in [3.63, 3.8) is 0 Å². The van der Waals surface area contributed by atoms with Gasteiger partial charge in [0.25, 0.3) is 26.0 Å². The molecular formula is C46H50BCl2N4O9S2U. The van der Waals surface area contributed by atoms with Gasteiger partial charge in [0, 0.05) is 47.7 Å². The maximum Gasteiger partial charge on any atom is 0.337 e. The molecule has 0 saturated heterocycles. The van der Waals surface area contributed by atoms with Gasteiger partial charge in [0.2, 0.25) is 0 Å². The fourth-order valence-electron chi connectivity index (χ4n) is 5.68. The monoisotopic (exact) mass is 1190 g/mol. The Balaban J connectivity index is 0.000000370. The summed E-state index contributed by atoms with van der Waals surface area (Å²) in [6.45, 7) is 1.24. The van der Waals surface area contributed by atoms with Crippen LogP contribution in [0.5, 0.6) is 11.5 Å². The van der Waals surface area contributed by atoms with Crippen LogP contribution in [0.3, 0.4) is 0 Å². The normalized spacial score (nSPS) is 10.7. The van der Waals surface area contributed by atoms with E-state index in [2.05, 4.69) is 39.0 Å². The van der Waals surface area contributed by atoms with Crippen molar-refractivity contribution in [1.29, 1.82) is 2.67 Å². The van der Waals surface area contributed by atoms with Gasteiger partial charge in [-0.3, -0.25) is 14.2 Å². The number of halogens is 2. The number of rotatable bonds is 17. The minimum absolute atomic E-state index is 0. The van der Waals surface area contributed by atoms with E-state index in [0.717, 1.165) is 32.2 Å². The smallest absolute Gasteiger partial charge is 0.337 e. The minimum atomic E-state index is -3.92. The average molecular weight is 1190 g/mol. The Morgan fingerprint density at radius 2 is 1.05 bits per heavy atom. The molecule has 1 amide bonds. The van der Waals surface area contributed by atoms with Gasteiger partial charge in [0.1, 0.15) is 11.5 Å². The number of methoxy groups -OCH3 is 2. The van der Waals surface area contributed by atoms with Gasteiger partial charge in [-0.2, -0.15) is 0 Å². The number of benzene rings is 6. The molecule has 0 heterocycles. The third kappa shape index (κ3) is 18.4. The van der Waals surface area contributed by atoms with Crippen molar-refractivity contribution in [1.82, 2.24) is 5.32 Å². The number of nitrogens with one attached hydrogen (secondary N) is 3. The number of nitrogens with two attached hydrogens (primary N) is 1. The van der Waals surface area contributed by atoms with Gasteiger partial charge in [-0.25, -0.2) is 21.6 Å². The second-order valence-corrected chi connectivity index (χ2v) is 17.7. The zero-order valence-electron chi connectivity index (χ0n) is 37.5. The van der Waals surface area contributed by atoms with E-state index in [-0.39, 0.29) is 68.4 Å². The van der Waals surface area contributed by atoms with Gasteiger partial charge < -0.3 is 25.6 Å². The first-order valence-corrected chi connectivity index (χ1v) is 23.1. The molecule has 0 unspecified atom stereocenters. The second kappa shape index (κ2) is 28.1. The fourth-order valence-corrected chi connectivity index (χ4v) is 8.18. The number of carbonyl (C=O) groups excluding carboxylic acids is 1. The number of sulfonamides is 2. The standard InChI is InChI=1S/C23H23ClN2O4S.C14H12ClNO5S.C9H13N.BH2.U/c1-30-19-10-12-20(13-11-19)31(28,29)26-22-14-9-18(24)16-21(22)23(27)25-15-5-8-17-6-3-2-4-7-17;1-21-10-3-5-11(6-4-10)22(19,20)16-13-7-2-9(15)8-12(13)14(17)18;10-8-4-7-9-5-2-1-3-6-9;;/h2-4,6-7,9-14,16,26H,5,8,15H2,1H3,(H,25,27);2-8,16H,1H3,(H,17,18);1-3,5-6H,4,7-8,10H2;1H2;/i;;;1T2;. The van der Waals surface area contributed by atoms with E-state index in [1.54, 1.807) is 12.1 Å². The SMILES string of the molecule is COc1ccc(S(=O)(=O)Nc2ccc(Cl)cc2C(=O)NCCCc2ccccc2)cc1.COc1ccc(S(=O)(=O)Nc2ccc(Cl)cc2C(=O)O)cc1.NCCCc1ccccc1.[3H][B][3H].[U]. The zero-order chi connectivity index (χ0) is 48.5. The van der Waals surface area contributed by atoms with Gasteiger partial charge >= 0.3 is 5.97 Å². The molecule has 6 aromatic rings. The number of carboxylic acids is 1. The number of aryl methyl sites for hydroxylation is 2.